The third-order valence-electron chi connectivity index (χ3n) is 2.69. The van der Waals surface area contributed by atoms with Crippen LogP contribution in [-0.2, 0) is 0 Å². The molecule has 0 amide bonds. The van der Waals surface area contributed by atoms with E-state index in [1.54, 1.807) is 6.07 Å². The van der Waals surface area contributed by atoms with Crippen molar-refractivity contribution in [3.05, 3.63) is 33.6 Å². The second-order valence-corrected chi connectivity index (χ2v) is 5.52. The van der Waals surface area contributed by atoms with E-state index in [2.05, 4.69) is 38.3 Å². The fourth-order valence-corrected chi connectivity index (χ4v) is 2.11. The lowest BCUT2D eigenvalue weighted by Crippen LogP contribution is -2.19. The van der Waals surface area contributed by atoms with Gasteiger partial charge in [0.05, 0.1) is 11.1 Å². The van der Waals surface area contributed by atoms with Crippen molar-refractivity contribution in [3.63, 3.8) is 0 Å². The molecule has 0 saturated carbocycles. The van der Waals surface area contributed by atoms with E-state index >= 15 is 0 Å². The monoisotopic (exact) mass is 343 g/mol. The van der Waals surface area contributed by atoms with Crippen LogP contribution < -0.4 is 5.32 Å². The Labute approximate surface area is 125 Å². The quantitative estimate of drug-likeness (QED) is 0.882. The van der Waals surface area contributed by atoms with Crippen LogP contribution in [0.4, 0.5) is 0 Å². The number of hydrogen-bond acceptors (Lipinski definition) is 4. The first kappa shape index (κ1) is 14.5. The molecule has 1 aromatic heterocycles. The summed E-state index contributed by atoms with van der Waals surface area (Å²) in [6.07, 6.45) is 1.06. The summed E-state index contributed by atoms with van der Waals surface area (Å²) in [4.78, 5) is 4.40. The number of nitrogens with zero attached hydrogens (tertiary/aromatic N) is 2. The van der Waals surface area contributed by atoms with Crippen LogP contribution in [0.25, 0.3) is 11.4 Å². The second kappa shape index (κ2) is 6.50. The molecule has 0 bridgehead atoms. The molecule has 2 rings (SSSR count). The number of aromatic nitrogens is 2. The molecular weight excluding hydrogens is 330 g/mol. The van der Waals surface area contributed by atoms with Gasteiger partial charge in [-0.3, -0.25) is 0 Å². The molecule has 1 unspecified atom stereocenters. The van der Waals surface area contributed by atoms with E-state index in [1.165, 1.54) is 0 Å². The van der Waals surface area contributed by atoms with Gasteiger partial charge in [-0.2, -0.15) is 4.98 Å². The van der Waals surface area contributed by atoms with E-state index in [0.29, 0.717) is 16.7 Å². The molecule has 1 aromatic carbocycles. The van der Waals surface area contributed by atoms with Crippen molar-refractivity contribution in [2.45, 2.75) is 26.3 Å². The molecule has 0 radical (unpaired) electrons. The fraction of sp³-hybridized carbons (Fsp3) is 0.385. The Bertz CT molecular complexity index is 559. The van der Waals surface area contributed by atoms with E-state index in [1.807, 2.05) is 19.1 Å². The summed E-state index contributed by atoms with van der Waals surface area (Å²) in [7, 11) is 0. The minimum Gasteiger partial charge on any atom is -0.337 e. The molecule has 102 valence electrons. The Balaban J connectivity index is 2.18. The molecule has 0 aliphatic heterocycles. The number of benzene rings is 1. The predicted molar refractivity (Wildman–Crippen MR) is 79.2 cm³/mol. The predicted octanol–water partition coefficient (Wildman–Crippen LogP) is 4.21. The van der Waals surface area contributed by atoms with Gasteiger partial charge in [0, 0.05) is 10.0 Å². The van der Waals surface area contributed by atoms with Crippen LogP contribution in [0.5, 0.6) is 0 Å². The highest BCUT2D eigenvalue weighted by atomic mass is 79.9. The highest BCUT2D eigenvalue weighted by molar-refractivity contribution is 9.10. The zero-order chi connectivity index (χ0) is 13.8. The Morgan fingerprint density at radius 3 is 2.95 bits per heavy atom. The van der Waals surface area contributed by atoms with Crippen molar-refractivity contribution < 1.29 is 4.52 Å². The zero-order valence-electron chi connectivity index (χ0n) is 10.8. The van der Waals surface area contributed by atoms with E-state index < -0.39 is 0 Å². The summed E-state index contributed by atoms with van der Waals surface area (Å²) in [5, 5.41) is 7.96. The van der Waals surface area contributed by atoms with Crippen molar-refractivity contribution in [3.8, 4) is 11.4 Å². The third kappa shape index (κ3) is 3.55. The summed E-state index contributed by atoms with van der Waals surface area (Å²) in [6.45, 7) is 5.04. The first-order chi connectivity index (χ1) is 9.11. The summed E-state index contributed by atoms with van der Waals surface area (Å²) >= 11 is 9.34. The number of halogens is 2. The van der Waals surface area contributed by atoms with Gasteiger partial charge < -0.3 is 9.84 Å². The highest BCUT2D eigenvalue weighted by Gasteiger charge is 2.14. The van der Waals surface area contributed by atoms with E-state index in [9.17, 15) is 0 Å². The van der Waals surface area contributed by atoms with Crippen LogP contribution in [-0.4, -0.2) is 16.7 Å². The summed E-state index contributed by atoms with van der Waals surface area (Å²) in [5.74, 6) is 1.16. The van der Waals surface area contributed by atoms with Gasteiger partial charge in [-0.05, 0) is 54.0 Å². The number of rotatable bonds is 5. The molecule has 19 heavy (non-hydrogen) atoms. The molecule has 2 aromatic rings. The summed E-state index contributed by atoms with van der Waals surface area (Å²) < 4.78 is 6.09. The average molecular weight is 345 g/mol. The maximum absolute atomic E-state index is 5.96. The maximum Gasteiger partial charge on any atom is 0.243 e. The minimum absolute atomic E-state index is 0.0527. The van der Waals surface area contributed by atoms with Crippen molar-refractivity contribution in [1.82, 2.24) is 15.5 Å². The first-order valence-corrected chi connectivity index (χ1v) is 7.31. The second-order valence-electron chi connectivity index (χ2n) is 4.26. The molecule has 1 atom stereocenters. The molecule has 0 aliphatic rings. The van der Waals surface area contributed by atoms with Gasteiger partial charge in [0.25, 0.3) is 0 Å². The van der Waals surface area contributed by atoms with E-state index in [-0.39, 0.29) is 6.04 Å². The molecule has 0 spiro atoms. The van der Waals surface area contributed by atoms with Crippen LogP contribution in [0, 0.1) is 0 Å². The van der Waals surface area contributed by atoms with Crippen molar-refractivity contribution in [2.24, 2.45) is 0 Å². The van der Waals surface area contributed by atoms with Crippen LogP contribution in [0.15, 0.2) is 27.2 Å². The van der Waals surface area contributed by atoms with Gasteiger partial charge in [0.15, 0.2) is 0 Å². The van der Waals surface area contributed by atoms with Gasteiger partial charge >= 0.3 is 0 Å². The maximum atomic E-state index is 5.96. The lowest BCUT2D eigenvalue weighted by molar-refractivity contribution is 0.340. The molecule has 0 saturated heterocycles. The Morgan fingerprint density at radius 1 is 1.47 bits per heavy atom. The average Bonchev–Trinajstić information content (AvgIpc) is 2.89. The molecule has 0 aliphatic carbocycles. The van der Waals surface area contributed by atoms with E-state index in [4.69, 9.17) is 16.1 Å². The van der Waals surface area contributed by atoms with Crippen molar-refractivity contribution >= 4 is 27.5 Å². The van der Waals surface area contributed by atoms with Crippen molar-refractivity contribution in [2.75, 3.05) is 6.54 Å². The van der Waals surface area contributed by atoms with Gasteiger partial charge in [-0.1, -0.05) is 23.7 Å². The highest BCUT2D eigenvalue weighted by Crippen LogP contribution is 2.27. The minimum atomic E-state index is 0.0527. The lowest BCUT2D eigenvalue weighted by Gasteiger charge is -2.06. The number of nitrogens with one attached hydrogen (secondary N) is 1. The third-order valence-corrected chi connectivity index (χ3v) is 3.90. The smallest absolute Gasteiger partial charge is 0.243 e. The molecule has 1 heterocycles. The Kier molecular flexibility index (Phi) is 4.96. The van der Waals surface area contributed by atoms with Gasteiger partial charge in [-0.15, -0.1) is 0 Å². The number of hydrogen-bond donors (Lipinski definition) is 1. The first-order valence-electron chi connectivity index (χ1n) is 6.14. The van der Waals surface area contributed by atoms with Crippen LogP contribution in [0.1, 0.15) is 32.2 Å². The van der Waals surface area contributed by atoms with Crippen molar-refractivity contribution in [1.29, 1.82) is 0 Å². The standard InChI is InChI=1S/C13H15BrClN3O/c1-3-6-16-8(2)13-17-12(18-19-13)9-4-5-11(15)10(14)7-9/h4-5,7-8,16H,3,6H2,1-2H3. The van der Waals surface area contributed by atoms with Gasteiger partial charge in [0.1, 0.15) is 0 Å². The van der Waals surface area contributed by atoms with Crippen LogP contribution in [0.2, 0.25) is 5.02 Å². The molecule has 1 N–H and O–H groups in total. The molecular formula is C13H15BrClN3O. The Hall–Kier alpha value is -0.910. The van der Waals surface area contributed by atoms with E-state index in [0.717, 1.165) is 23.0 Å². The molecule has 4 nitrogen and oxygen atoms in total. The fourth-order valence-electron chi connectivity index (χ4n) is 1.61. The normalized spacial score (nSPS) is 12.6. The van der Waals surface area contributed by atoms with Crippen LogP contribution >= 0.6 is 27.5 Å². The van der Waals surface area contributed by atoms with Gasteiger partial charge in [-0.25, -0.2) is 0 Å². The largest absolute Gasteiger partial charge is 0.337 e. The molecule has 6 heteroatoms. The lowest BCUT2D eigenvalue weighted by atomic mass is 10.2. The SMILES string of the molecule is CCCNC(C)c1nc(-c2ccc(Cl)c(Br)c2)no1. The van der Waals surface area contributed by atoms with Gasteiger partial charge in [0.2, 0.25) is 11.7 Å². The summed E-state index contributed by atoms with van der Waals surface area (Å²) in [6, 6.07) is 5.60. The topological polar surface area (TPSA) is 51.0 Å². The summed E-state index contributed by atoms with van der Waals surface area (Å²) in [5.41, 5.74) is 0.869. The zero-order valence-corrected chi connectivity index (χ0v) is 13.1. The van der Waals surface area contributed by atoms with Crippen LogP contribution in [0.3, 0.4) is 0 Å². The molecule has 0 fully saturated rings. The Morgan fingerprint density at radius 2 is 2.26 bits per heavy atom.